The van der Waals surface area contributed by atoms with E-state index in [2.05, 4.69) is 0 Å². The Labute approximate surface area is 74.0 Å². The minimum Gasteiger partial charge on any atom is -0.481 e. The molecular formula is C9H19NO2. The van der Waals surface area contributed by atoms with Gasteiger partial charge in [0.25, 0.3) is 0 Å². The molecule has 72 valence electrons. The first-order valence-electron chi connectivity index (χ1n) is 4.68. The monoisotopic (exact) mass is 173 g/mol. The third-order valence-electron chi connectivity index (χ3n) is 2.12. The van der Waals surface area contributed by atoms with Crippen LogP contribution in [0.4, 0.5) is 0 Å². The standard InChI is InChI=1S/C7H13NO2.C2H6/c8-6-3-1-5(2-4-6)7(9)10;1-2/h5-6H,1-4,8H2,(H,9,10);1-2H3. The topological polar surface area (TPSA) is 63.3 Å². The SMILES string of the molecule is CC.NC1CCC(C(=O)O)CC1. The summed E-state index contributed by atoms with van der Waals surface area (Å²) in [6.07, 6.45) is 3.26. The average molecular weight is 173 g/mol. The molecule has 0 spiro atoms. The van der Waals surface area contributed by atoms with E-state index < -0.39 is 5.97 Å². The Balaban J connectivity index is 0.000000561. The van der Waals surface area contributed by atoms with Gasteiger partial charge in [0.2, 0.25) is 0 Å². The maximum absolute atomic E-state index is 10.4. The largest absolute Gasteiger partial charge is 0.481 e. The highest BCUT2D eigenvalue weighted by Crippen LogP contribution is 2.22. The first-order valence-corrected chi connectivity index (χ1v) is 4.68. The highest BCUT2D eigenvalue weighted by molar-refractivity contribution is 5.70. The summed E-state index contributed by atoms with van der Waals surface area (Å²) in [5.74, 6) is -0.785. The molecule has 12 heavy (non-hydrogen) atoms. The van der Waals surface area contributed by atoms with E-state index in [0.29, 0.717) is 0 Å². The molecule has 0 aromatic heterocycles. The molecule has 0 amide bonds. The first kappa shape index (κ1) is 11.4. The average Bonchev–Trinajstić information content (AvgIpc) is 2.09. The molecule has 0 aliphatic heterocycles. The van der Waals surface area contributed by atoms with E-state index in [0.717, 1.165) is 25.7 Å². The van der Waals surface area contributed by atoms with Crippen LogP contribution in [0.3, 0.4) is 0 Å². The summed E-state index contributed by atoms with van der Waals surface area (Å²) in [5.41, 5.74) is 5.60. The summed E-state index contributed by atoms with van der Waals surface area (Å²) in [7, 11) is 0. The number of hydrogen-bond acceptors (Lipinski definition) is 2. The van der Waals surface area contributed by atoms with Crippen LogP contribution in [-0.2, 0) is 4.79 Å². The molecule has 0 atom stereocenters. The van der Waals surface area contributed by atoms with Crippen molar-refractivity contribution in [3.05, 3.63) is 0 Å². The second-order valence-corrected chi connectivity index (χ2v) is 2.95. The van der Waals surface area contributed by atoms with E-state index in [4.69, 9.17) is 10.8 Å². The maximum Gasteiger partial charge on any atom is 0.306 e. The predicted molar refractivity (Wildman–Crippen MR) is 48.9 cm³/mol. The highest BCUT2D eigenvalue weighted by Gasteiger charge is 2.23. The fraction of sp³-hybridized carbons (Fsp3) is 0.889. The normalized spacial score (nSPS) is 28.6. The van der Waals surface area contributed by atoms with Crippen molar-refractivity contribution in [3.63, 3.8) is 0 Å². The lowest BCUT2D eigenvalue weighted by Gasteiger charge is -2.22. The van der Waals surface area contributed by atoms with Crippen molar-refractivity contribution in [2.24, 2.45) is 11.7 Å². The lowest BCUT2D eigenvalue weighted by Crippen LogP contribution is -2.29. The molecule has 3 heteroatoms. The number of carboxylic acid groups (broad SMARTS) is 1. The highest BCUT2D eigenvalue weighted by atomic mass is 16.4. The number of aliphatic carboxylic acids is 1. The number of carboxylic acids is 1. The molecule has 0 aromatic carbocycles. The van der Waals surface area contributed by atoms with Gasteiger partial charge in [-0.2, -0.15) is 0 Å². The van der Waals surface area contributed by atoms with Crippen molar-refractivity contribution in [1.82, 2.24) is 0 Å². The fourth-order valence-corrected chi connectivity index (χ4v) is 1.37. The Hall–Kier alpha value is -0.570. The molecule has 1 aliphatic carbocycles. The van der Waals surface area contributed by atoms with Gasteiger partial charge in [-0.3, -0.25) is 4.79 Å². The lowest BCUT2D eigenvalue weighted by molar-refractivity contribution is -0.142. The van der Waals surface area contributed by atoms with Crippen molar-refractivity contribution in [3.8, 4) is 0 Å². The number of rotatable bonds is 1. The second-order valence-electron chi connectivity index (χ2n) is 2.95. The van der Waals surface area contributed by atoms with Gasteiger partial charge in [0.1, 0.15) is 0 Å². The van der Waals surface area contributed by atoms with Crippen molar-refractivity contribution in [2.45, 2.75) is 45.6 Å². The van der Waals surface area contributed by atoms with Gasteiger partial charge in [0.05, 0.1) is 5.92 Å². The molecule has 0 heterocycles. The molecule has 0 unspecified atom stereocenters. The summed E-state index contributed by atoms with van der Waals surface area (Å²) in [6, 6.07) is 0.246. The van der Waals surface area contributed by atoms with Gasteiger partial charge < -0.3 is 10.8 Å². The van der Waals surface area contributed by atoms with E-state index in [1.807, 2.05) is 13.8 Å². The minimum absolute atomic E-state index is 0.125. The van der Waals surface area contributed by atoms with Crippen molar-refractivity contribution >= 4 is 5.97 Å². The number of carbonyl (C=O) groups is 1. The minimum atomic E-state index is -0.660. The van der Waals surface area contributed by atoms with E-state index in [-0.39, 0.29) is 12.0 Å². The van der Waals surface area contributed by atoms with E-state index in [1.165, 1.54) is 0 Å². The van der Waals surface area contributed by atoms with E-state index in [9.17, 15) is 4.79 Å². The molecule has 0 radical (unpaired) electrons. The lowest BCUT2D eigenvalue weighted by atomic mass is 9.87. The van der Waals surface area contributed by atoms with Gasteiger partial charge in [-0.1, -0.05) is 13.8 Å². The van der Waals surface area contributed by atoms with Crippen LogP contribution in [0, 0.1) is 5.92 Å². The zero-order valence-electron chi connectivity index (χ0n) is 7.92. The zero-order chi connectivity index (χ0) is 9.56. The third kappa shape index (κ3) is 3.72. The van der Waals surface area contributed by atoms with Crippen molar-refractivity contribution in [1.29, 1.82) is 0 Å². The van der Waals surface area contributed by atoms with Crippen LogP contribution in [0.5, 0.6) is 0 Å². The Morgan fingerprint density at radius 2 is 1.67 bits per heavy atom. The summed E-state index contributed by atoms with van der Waals surface area (Å²) < 4.78 is 0. The molecule has 1 saturated carbocycles. The smallest absolute Gasteiger partial charge is 0.306 e. The Morgan fingerprint density at radius 1 is 1.25 bits per heavy atom. The second kappa shape index (κ2) is 6.00. The van der Waals surface area contributed by atoms with Gasteiger partial charge in [-0.05, 0) is 25.7 Å². The number of hydrogen-bond donors (Lipinski definition) is 2. The van der Waals surface area contributed by atoms with Crippen LogP contribution >= 0.6 is 0 Å². The van der Waals surface area contributed by atoms with Crippen LogP contribution in [0.25, 0.3) is 0 Å². The molecular weight excluding hydrogens is 154 g/mol. The van der Waals surface area contributed by atoms with Gasteiger partial charge in [-0.15, -0.1) is 0 Å². The summed E-state index contributed by atoms with van der Waals surface area (Å²) in [5, 5.41) is 8.58. The summed E-state index contributed by atoms with van der Waals surface area (Å²) in [4.78, 5) is 10.4. The molecule has 0 saturated heterocycles. The van der Waals surface area contributed by atoms with Crippen LogP contribution in [0.1, 0.15) is 39.5 Å². The van der Waals surface area contributed by atoms with Gasteiger partial charge in [0, 0.05) is 6.04 Å². The molecule has 0 bridgehead atoms. The van der Waals surface area contributed by atoms with Crippen LogP contribution < -0.4 is 5.73 Å². The quantitative estimate of drug-likeness (QED) is 0.633. The van der Waals surface area contributed by atoms with Crippen molar-refractivity contribution in [2.75, 3.05) is 0 Å². The van der Waals surface area contributed by atoms with Crippen LogP contribution in [0.2, 0.25) is 0 Å². The molecule has 3 nitrogen and oxygen atoms in total. The van der Waals surface area contributed by atoms with Crippen molar-refractivity contribution < 1.29 is 9.90 Å². The molecule has 1 aliphatic rings. The molecule has 3 N–H and O–H groups in total. The van der Waals surface area contributed by atoms with E-state index >= 15 is 0 Å². The third-order valence-corrected chi connectivity index (χ3v) is 2.12. The van der Waals surface area contributed by atoms with Gasteiger partial charge >= 0.3 is 5.97 Å². The van der Waals surface area contributed by atoms with Crippen LogP contribution in [-0.4, -0.2) is 17.1 Å². The Morgan fingerprint density at radius 3 is 2.00 bits per heavy atom. The first-order chi connectivity index (χ1) is 5.70. The summed E-state index contributed by atoms with van der Waals surface area (Å²) >= 11 is 0. The molecule has 1 fully saturated rings. The summed E-state index contributed by atoms with van der Waals surface area (Å²) in [6.45, 7) is 4.00. The Kier molecular flexibility index (Phi) is 5.72. The Bertz CT molecular complexity index is 128. The predicted octanol–water partition coefficient (Wildman–Crippen LogP) is 1.61. The molecule has 1 rings (SSSR count). The van der Waals surface area contributed by atoms with Crippen LogP contribution in [0.15, 0.2) is 0 Å². The molecule has 0 aromatic rings. The maximum atomic E-state index is 10.4. The van der Waals surface area contributed by atoms with E-state index in [1.54, 1.807) is 0 Å². The van der Waals surface area contributed by atoms with Gasteiger partial charge in [-0.25, -0.2) is 0 Å². The number of nitrogens with two attached hydrogens (primary N) is 1. The van der Waals surface area contributed by atoms with Gasteiger partial charge in [0.15, 0.2) is 0 Å². The fourth-order valence-electron chi connectivity index (χ4n) is 1.37. The zero-order valence-corrected chi connectivity index (χ0v) is 7.92.